The van der Waals surface area contributed by atoms with Crippen LogP contribution in [-0.4, -0.2) is 27.8 Å². The van der Waals surface area contributed by atoms with Crippen molar-refractivity contribution >= 4 is 40.8 Å². The zero-order valence-corrected chi connectivity index (χ0v) is 19.2. The molecule has 8 nitrogen and oxygen atoms in total. The van der Waals surface area contributed by atoms with Crippen LogP contribution in [0.1, 0.15) is 32.0 Å². The normalized spacial score (nSPS) is 12.4. The van der Waals surface area contributed by atoms with Gasteiger partial charge in [-0.1, -0.05) is 6.07 Å². The van der Waals surface area contributed by atoms with E-state index in [4.69, 9.17) is 11.5 Å². The van der Waals surface area contributed by atoms with Crippen molar-refractivity contribution in [2.45, 2.75) is 26.3 Å². The van der Waals surface area contributed by atoms with Gasteiger partial charge in [-0.05, 0) is 56.7 Å². The Morgan fingerprint density at radius 2 is 1.63 bits per heavy atom. The van der Waals surface area contributed by atoms with E-state index in [0.717, 1.165) is 24.3 Å². The summed E-state index contributed by atoms with van der Waals surface area (Å²) < 4.78 is 41.8. The van der Waals surface area contributed by atoms with E-state index in [1.165, 1.54) is 24.5 Å². The number of aliphatic imine (C=N–C) groups is 1. The summed E-state index contributed by atoms with van der Waals surface area (Å²) in [7, 11) is 0. The van der Waals surface area contributed by atoms with Crippen molar-refractivity contribution in [3.05, 3.63) is 77.4 Å². The maximum absolute atomic E-state index is 14.5. The summed E-state index contributed by atoms with van der Waals surface area (Å²) >= 11 is 0. The van der Waals surface area contributed by atoms with Crippen LogP contribution in [0, 0.1) is 17.5 Å². The number of hydrogen-bond donors (Lipinski definition) is 4. The minimum Gasteiger partial charge on any atom is -0.396 e. The highest BCUT2D eigenvalue weighted by molar-refractivity contribution is 6.19. The molecule has 182 valence electrons. The molecule has 0 aliphatic rings. The van der Waals surface area contributed by atoms with Crippen molar-refractivity contribution in [2.75, 3.05) is 16.4 Å². The van der Waals surface area contributed by atoms with Crippen LogP contribution in [0.2, 0.25) is 0 Å². The van der Waals surface area contributed by atoms with Gasteiger partial charge in [-0.3, -0.25) is 4.99 Å². The Kier molecular flexibility index (Phi) is 7.38. The lowest BCUT2D eigenvalue weighted by atomic mass is 10.0. The summed E-state index contributed by atoms with van der Waals surface area (Å²) in [6.07, 6.45) is 2.96. The van der Waals surface area contributed by atoms with Crippen molar-refractivity contribution in [1.29, 1.82) is 0 Å². The number of aromatic nitrogens is 2. The van der Waals surface area contributed by atoms with Gasteiger partial charge in [0.2, 0.25) is 5.95 Å². The topological polar surface area (TPSA) is 131 Å². The molecular formula is C24H24F3N7O. The number of nitrogens with two attached hydrogens (primary N) is 2. The predicted molar refractivity (Wildman–Crippen MR) is 131 cm³/mol. The van der Waals surface area contributed by atoms with E-state index in [9.17, 15) is 18.0 Å². The van der Waals surface area contributed by atoms with Crippen LogP contribution in [0.4, 0.5) is 35.3 Å². The molecule has 1 aromatic heterocycles. The third-order valence-corrected chi connectivity index (χ3v) is 4.52. The molecule has 35 heavy (non-hydrogen) atoms. The molecule has 0 fully saturated rings. The predicted octanol–water partition coefficient (Wildman–Crippen LogP) is 4.82. The molecule has 0 saturated carbocycles. The lowest BCUT2D eigenvalue weighted by Gasteiger charge is -2.15. The zero-order valence-electron chi connectivity index (χ0n) is 19.2. The fraction of sp³-hybridized carbons (Fsp3) is 0.167. The highest BCUT2D eigenvalue weighted by atomic mass is 19.1. The molecule has 0 unspecified atom stereocenters. The first-order valence-electron chi connectivity index (χ1n) is 10.4. The molecule has 3 rings (SSSR count). The molecule has 11 heteroatoms. The number of halogens is 3. The smallest absolute Gasteiger partial charge is 0.323 e. The Morgan fingerprint density at radius 1 is 1.00 bits per heavy atom. The van der Waals surface area contributed by atoms with E-state index < -0.39 is 34.7 Å². The van der Waals surface area contributed by atoms with Gasteiger partial charge in [0.05, 0.1) is 28.3 Å². The minimum atomic E-state index is -0.976. The second-order valence-electron chi connectivity index (χ2n) is 8.45. The van der Waals surface area contributed by atoms with Crippen molar-refractivity contribution in [1.82, 2.24) is 9.97 Å². The number of nitrogens with zero attached hydrogens (tertiary/aromatic N) is 3. The summed E-state index contributed by atoms with van der Waals surface area (Å²) in [6.45, 7) is 5.65. The zero-order chi connectivity index (χ0) is 25.8. The fourth-order valence-corrected chi connectivity index (χ4v) is 2.88. The van der Waals surface area contributed by atoms with Crippen LogP contribution >= 0.6 is 0 Å². The van der Waals surface area contributed by atoms with E-state index in [-0.39, 0.29) is 17.3 Å². The first kappa shape index (κ1) is 25.2. The van der Waals surface area contributed by atoms with Gasteiger partial charge in [-0.15, -0.1) is 0 Å². The summed E-state index contributed by atoms with van der Waals surface area (Å²) in [4.78, 5) is 24.8. The van der Waals surface area contributed by atoms with E-state index in [1.54, 1.807) is 6.07 Å². The molecule has 2 amide bonds. The number of allylic oxidation sites excluding steroid dienone is 1. The SMILES string of the molecule is CC(C)(C)N=CC(=C(N)c1ccnc(N)n1)c1ccc(F)c(NC(=O)Nc2cc(F)ccc2F)c1. The Bertz CT molecular complexity index is 1320. The first-order chi connectivity index (χ1) is 16.4. The molecule has 0 saturated heterocycles. The standard InChI is InChI=1S/C24H24F3N7O/c1-24(2,3)31-12-15(21(28)18-8-9-30-22(29)32-18)13-4-6-16(26)19(10-13)33-23(35)34-20-11-14(25)5-7-17(20)27/h4-12H,28H2,1-3H3,(H2,29,30,32)(H2,33,34,35). The average molecular weight is 483 g/mol. The molecule has 0 aliphatic carbocycles. The summed E-state index contributed by atoms with van der Waals surface area (Å²) in [5.74, 6) is -2.35. The molecule has 0 radical (unpaired) electrons. The van der Waals surface area contributed by atoms with E-state index in [1.807, 2.05) is 20.8 Å². The van der Waals surface area contributed by atoms with Crippen LogP contribution < -0.4 is 22.1 Å². The minimum absolute atomic E-state index is 0.0141. The number of amides is 2. The number of carbonyl (C=O) groups is 1. The maximum Gasteiger partial charge on any atom is 0.323 e. The van der Waals surface area contributed by atoms with Crippen LogP contribution in [0.3, 0.4) is 0 Å². The largest absolute Gasteiger partial charge is 0.396 e. The number of carbonyl (C=O) groups excluding carboxylic acids is 1. The van der Waals surface area contributed by atoms with Crippen molar-refractivity contribution in [3.8, 4) is 0 Å². The van der Waals surface area contributed by atoms with Crippen molar-refractivity contribution in [3.63, 3.8) is 0 Å². The van der Waals surface area contributed by atoms with Gasteiger partial charge in [0.15, 0.2) is 0 Å². The number of urea groups is 1. The monoisotopic (exact) mass is 483 g/mol. The third kappa shape index (κ3) is 6.79. The van der Waals surface area contributed by atoms with Gasteiger partial charge < -0.3 is 22.1 Å². The van der Waals surface area contributed by atoms with Gasteiger partial charge in [0, 0.05) is 24.1 Å². The number of nitrogens with one attached hydrogen (secondary N) is 2. The number of hydrogen-bond acceptors (Lipinski definition) is 6. The molecule has 6 N–H and O–H groups in total. The van der Waals surface area contributed by atoms with Gasteiger partial charge in [0.1, 0.15) is 17.5 Å². The van der Waals surface area contributed by atoms with Crippen LogP contribution in [0.5, 0.6) is 0 Å². The van der Waals surface area contributed by atoms with E-state index in [0.29, 0.717) is 16.8 Å². The summed E-state index contributed by atoms with van der Waals surface area (Å²) in [5.41, 5.74) is 12.3. The quantitative estimate of drug-likeness (QED) is 0.387. The van der Waals surface area contributed by atoms with Gasteiger partial charge in [0.25, 0.3) is 0 Å². The summed E-state index contributed by atoms with van der Waals surface area (Å²) in [6, 6.07) is 7.06. The van der Waals surface area contributed by atoms with Gasteiger partial charge in [-0.25, -0.2) is 27.9 Å². The third-order valence-electron chi connectivity index (χ3n) is 4.52. The maximum atomic E-state index is 14.5. The van der Waals surface area contributed by atoms with Crippen LogP contribution in [-0.2, 0) is 0 Å². The molecule has 3 aromatic rings. The molecule has 0 bridgehead atoms. The van der Waals surface area contributed by atoms with Crippen LogP contribution in [0.25, 0.3) is 11.3 Å². The lowest BCUT2D eigenvalue weighted by Crippen LogP contribution is -2.21. The Hall–Kier alpha value is -4.41. The average Bonchev–Trinajstić information content (AvgIpc) is 2.77. The highest BCUT2D eigenvalue weighted by Crippen LogP contribution is 2.26. The number of rotatable bonds is 5. The van der Waals surface area contributed by atoms with Crippen molar-refractivity contribution in [2.24, 2.45) is 10.7 Å². The highest BCUT2D eigenvalue weighted by Gasteiger charge is 2.16. The second kappa shape index (κ2) is 10.2. The summed E-state index contributed by atoms with van der Waals surface area (Å²) in [5, 5.41) is 4.44. The molecule has 1 heterocycles. The van der Waals surface area contributed by atoms with Crippen molar-refractivity contribution < 1.29 is 18.0 Å². The first-order valence-corrected chi connectivity index (χ1v) is 10.4. The Balaban J connectivity index is 1.99. The molecule has 2 aromatic carbocycles. The Morgan fingerprint density at radius 3 is 2.26 bits per heavy atom. The van der Waals surface area contributed by atoms with Crippen LogP contribution in [0.15, 0.2) is 53.7 Å². The molecule has 0 spiro atoms. The Labute approximate surface area is 200 Å². The number of anilines is 3. The van der Waals surface area contributed by atoms with Gasteiger partial charge >= 0.3 is 6.03 Å². The van der Waals surface area contributed by atoms with E-state index >= 15 is 0 Å². The molecule has 0 aliphatic heterocycles. The second-order valence-corrected chi connectivity index (χ2v) is 8.45. The lowest BCUT2D eigenvalue weighted by molar-refractivity contribution is 0.262. The molecule has 0 atom stereocenters. The number of nitrogen functional groups attached to an aromatic ring is 1. The number of benzene rings is 2. The fourth-order valence-electron chi connectivity index (χ4n) is 2.88. The molecular weight excluding hydrogens is 459 g/mol. The van der Waals surface area contributed by atoms with E-state index in [2.05, 4.69) is 25.6 Å². The van der Waals surface area contributed by atoms with Gasteiger partial charge in [-0.2, -0.15) is 0 Å².